The van der Waals surface area contributed by atoms with E-state index in [9.17, 15) is 10.2 Å². The molecule has 2 unspecified atom stereocenters. The second-order valence-electron chi connectivity index (χ2n) is 15.9. The maximum atomic E-state index is 11.0. The molecule has 0 spiro atoms. The summed E-state index contributed by atoms with van der Waals surface area (Å²) in [7, 11) is 0. The van der Waals surface area contributed by atoms with Crippen LogP contribution in [0.5, 0.6) is 11.5 Å². The molecule has 2 aromatic carbocycles. The summed E-state index contributed by atoms with van der Waals surface area (Å²) < 4.78 is 0. The van der Waals surface area contributed by atoms with Crippen molar-refractivity contribution in [2.45, 2.75) is 152 Å². The highest BCUT2D eigenvalue weighted by molar-refractivity contribution is 5.48. The van der Waals surface area contributed by atoms with E-state index in [0.717, 1.165) is 0 Å². The molecular formula is C38H52O2. The number of phenols is 2. The largest absolute Gasteiger partial charge is 0.508 e. The Morgan fingerprint density at radius 3 is 1.55 bits per heavy atom. The average molecular weight is 541 g/mol. The number of hydrogen-bond acceptors (Lipinski definition) is 2. The molecule has 2 N–H and O–H groups in total. The summed E-state index contributed by atoms with van der Waals surface area (Å²) in [5, 5.41) is 22.1. The Kier molecular flexibility index (Phi) is 6.60. The highest BCUT2D eigenvalue weighted by Gasteiger charge is 2.67. The average Bonchev–Trinajstić information content (AvgIpc) is 2.93. The van der Waals surface area contributed by atoms with Crippen molar-refractivity contribution in [1.29, 1.82) is 0 Å². The van der Waals surface area contributed by atoms with Gasteiger partial charge in [0.1, 0.15) is 11.5 Å². The number of hydrogen-bond donors (Lipinski definition) is 2. The van der Waals surface area contributed by atoms with E-state index in [1.54, 1.807) is 0 Å². The summed E-state index contributed by atoms with van der Waals surface area (Å²) in [6.45, 7) is 5.01. The van der Waals surface area contributed by atoms with Crippen molar-refractivity contribution in [2.75, 3.05) is 0 Å². The number of aromatic hydroxyl groups is 2. The van der Waals surface area contributed by atoms with Gasteiger partial charge in [0, 0.05) is 0 Å². The predicted molar refractivity (Wildman–Crippen MR) is 164 cm³/mol. The van der Waals surface area contributed by atoms with E-state index in [-0.39, 0.29) is 10.8 Å². The van der Waals surface area contributed by atoms with Crippen LogP contribution in [0.2, 0.25) is 0 Å². The summed E-state index contributed by atoms with van der Waals surface area (Å²) in [4.78, 5) is 0. The van der Waals surface area contributed by atoms with Crippen LogP contribution in [0.25, 0.3) is 0 Å². The van der Waals surface area contributed by atoms with Gasteiger partial charge in [-0.2, -0.15) is 0 Å². The lowest BCUT2D eigenvalue weighted by atomic mass is 9.33. The van der Waals surface area contributed by atoms with Crippen LogP contribution in [0.3, 0.4) is 0 Å². The lowest BCUT2D eigenvalue weighted by Crippen LogP contribution is -2.63. The van der Waals surface area contributed by atoms with Gasteiger partial charge < -0.3 is 10.2 Å². The van der Waals surface area contributed by atoms with Crippen LogP contribution in [-0.4, -0.2) is 10.2 Å². The molecule has 40 heavy (non-hydrogen) atoms. The number of phenolic OH excluding ortho intramolecular Hbond substituents is 2. The molecule has 0 heterocycles. The zero-order valence-corrected chi connectivity index (χ0v) is 25.2. The molecule has 216 valence electrons. The van der Waals surface area contributed by atoms with E-state index in [1.165, 1.54) is 138 Å². The first-order valence-corrected chi connectivity index (χ1v) is 16.9. The molecule has 0 radical (unpaired) electrons. The molecule has 6 aliphatic carbocycles. The first kappa shape index (κ1) is 26.9. The highest BCUT2D eigenvalue weighted by Crippen LogP contribution is 2.75. The minimum atomic E-state index is 0.179. The van der Waals surface area contributed by atoms with E-state index in [1.807, 2.05) is 0 Å². The molecule has 0 aliphatic heterocycles. The normalized spacial score (nSPS) is 36.2. The Morgan fingerprint density at radius 1 is 0.625 bits per heavy atom. The smallest absolute Gasteiger partial charge is 0.119 e. The summed E-state index contributed by atoms with van der Waals surface area (Å²) >= 11 is 0. The van der Waals surface area contributed by atoms with Gasteiger partial charge in [-0.3, -0.25) is 0 Å². The SMILES string of the molecule is CCCC12CC3(C)CC(c4ccc(O)c(C5CCCCC5)c4)(C1)CC(c1ccc(O)c(C4CCCCC4)c1)(C3)C2. The molecule has 2 atom stereocenters. The van der Waals surface area contributed by atoms with E-state index in [0.29, 0.717) is 34.2 Å². The van der Waals surface area contributed by atoms with E-state index in [2.05, 4.69) is 50.2 Å². The highest BCUT2D eigenvalue weighted by atomic mass is 16.3. The maximum Gasteiger partial charge on any atom is 0.119 e. The summed E-state index contributed by atoms with van der Waals surface area (Å²) in [5.74, 6) is 2.10. The van der Waals surface area contributed by atoms with Crippen LogP contribution in [0.1, 0.15) is 164 Å². The topological polar surface area (TPSA) is 40.5 Å². The molecule has 6 fully saturated rings. The number of benzene rings is 2. The quantitative estimate of drug-likeness (QED) is 0.382. The van der Waals surface area contributed by atoms with Gasteiger partial charge in [-0.1, -0.05) is 83.1 Å². The van der Waals surface area contributed by atoms with Gasteiger partial charge in [0.2, 0.25) is 0 Å². The Hall–Kier alpha value is -1.96. The summed E-state index contributed by atoms with van der Waals surface area (Å²) in [6.07, 6.45) is 23.2. The van der Waals surface area contributed by atoms with Crippen LogP contribution in [0.15, 0.2) is 36.4 Å². The van der Waals surface area contributed by atoms with E-state index < -0.39 is 0 Å². The van der Waals surface area contributed by atoms with Crippen molar-refractivity contribution in [1.82, 2.24) is 0 Å². The fourth-order valence-corrected chi connectivity index (χ4v) is 12.0. The molecule has 2 heteroatoms. The minimum absolute atomic E-state index is 0.179. The van der Waals surface area contributed by atoms with Gasteiger partial charge in [0.05, 0.1) is 0 Å². The van der Waals surface area contributed by atoms with Crippen LogP contribution in [0.4, 0.5) is 0 Å². The Labute approximate surface area is 243 Å². The molecule has 0 aromatic heterocycles. The van der Waals surface area contributed by atoms with Crippen molar-refractivity contribution < 1.29 is 10.2 Å². The first-order chi connectivity index (χ1) is 19.3. The second-order valence-corrected chi connectivity index (χ2v) is 15.9. The van der Waals surface area contributed by atoms with Gasteiger partial charge >= 0.3 is 0 Å². The van der Waals surface area contributed by atoms with Gasteiger partial charge in [-0.25, -0.2) is 0 Å². The van der Waals surface area contributed by atoms with Gasteiger partial charge in [0.15, 0.2) is 0 Å². The van der Waals surface area contributed by atoms with Crippen molar-refractivity contribution in [2.24, 2.45) is 10.8 Å². The van der Waals surface area contributed by atoms with Crippen molar-refractivity contribution >= 4 is 0 Å². The fraction of sp³-hybridized carbons (Fsp3) is 0.684. The van der Waals surface area contributed by atoms with Crippen LogP contribution in [-0.2, 0) is 10.8 Å². The zero-order valence-electron chi connectivity index (χ0n) is 25.2. The van der Waals surface area contributed by atoms with Crippen LogP contribution >= 0.6 is 0 Å². The fourth-order valence-electron chi connectivity index (χ4n) is 12.0. The van der Waals surface area contributed by atoms with Gasteiger partial charge in [-0.15, -0.1) is 0 Å². The van der Waals surface area contributed by atoms with Crippen molar-refractivity contribution in [3.05, 3.63) is 58.7 Å². The minimum Gasteiger partial charge on any atom is -0.508 e. The lowest BCUT2D eigenvalue weighted by molar-refractivity contribution is -0.138. The molecule has 2 nitrogen and oxygen atoms in total. The predicted octanol–water partition coefficient (Wildman–Crippen LogP) is 10.5. The Bertz CT molecular complexity index is 1160. The molecular weight excluding hydrogens is 488 g/mol. The van der Waals surface area contributed by atoms with Gasteiger partial charge in [-0.05, 0) is 139 Å². The van der Waals surface area contributed by atoms with Crippen molar-refractivity contribution in [3.8, 4) is 11.5 Å². The van der Waals surface area contributed by atoms with E-state index in [4.69, 9.17) is 0 Å². The molecule has 8 rings (SSSR count). The van der Waals surface area contributed by atoms with Crippen LogP contribution < -0.4 is 0 Å². The molecule has 6 saturated carbocycles. The first-order valence-electron chi connectivity index (χ1n) is 16.9. The third kappa shape index (κ3) is 4.42. The molecule has 0 saturated heterocycles. The van der Waals surface area contributed by atoms with Gasteiger partial charge in [0.25, 0.3) is 0 Å². The molecule has 6 aliphatic rings. The monoisotopic (exact) mass is 540 g/mol. The van der Waals surface area contributed by atoms with Crippen molar-refractivity contribution in [3.63, 3.8) is 0 Å². The molecule has 4 bridgehead atoms. The third-order valence-electron chi connectivity index (χ3n) is 12.6. The lowest BCUT2D eigenvalue weighted by Gasteiger charge is -2.71. The third-order valence-corrected chi connectivity index (χ3v) is 12.6. The summed E-state index contributed by atoms with van der Waals surface area (Å²) in [5.41, 5.74) is 6.61. The van der Waals surface area contributed by atoms with Crippen LogP contribution in [0, 0.1) is 10.8 Å². The summed E-state index contributed by atoms with van der Waals surface area (Å²) in [6, 6.07) is 13.7. The number of rotatable bonds is 6. The second kappa shape index (κ2) is 9.81. The Balaban J connectivity index is 1.33. The standard InChI is InChI=1S/C38H52O2/c1-3-18-36-21-35(2)22-37(24-36,29-14-16-33(39)31(19-29)27-10-6-4-7-11-27)26-38(23-35,25-36)30-15-17-34(40)32(20-30)28-12-8-5-9-13-28/h14-17,19-20,27-28,39-40H,3-13,18,21-26H2,1-2H3. The Morgan fingerprint density at radius 2 is 1.10 bits per heavy atom. The molecule has 2 aromatic rings. The maximum absolute atomic E-state index is 11.0. The zero-order chi connectivity index (χ0) is 27.6. The van der Waals surface area contributed by atoms with E-state index >= 15 is 0 Å². The molecule has 0 amide bonds.